The summed E-state index contributed by atoms with van der Waals surface area (Å²) in [5.74, 6) is -4.32. The van der Waals surface area contributed by atoms with Crippen molar-refractivity contribution in [3.05, 3.63) is 36.9 Å². The normalized spacial score (nSPS) is 31.2. The predicted molar refractivity (Wildman–Crippen MR) is 135 cm³/mol. The smallest absolute Gasteiger partial charge is 0.310 e. The Balaban J connectivity index is 1.59. The third kappa shape index (κ3) is 3.79. The number of carboxylic acids is 1. The number of carbonyl (C=O) groups is 3. The number of amides is 2. The first kappa shape index (κ1) is 25.8. The van der Waals surface area contributed by atoms with Crippen LogP contribution in [-0.2, 0) is 25.8 Å². The lowest BCUT2D eigenvalue weighted by Crippen LogP contribution is -2.60. The van der Waals surface area contributed by atoms with Gasteiger partial charge in [-0.3, -0.25) is 14.4 Å². The van der Waals surface area contributed by atoms with E-state index in [0.29, 0.717) is 11.9 Å². The van der Waals surface area contributed by atoms with Crippen molar-refractivity contribution in [1.82, 2.24) is 24.8 Å². The highest BCUT2D eigenvalue weighted by Crippen LogP contribution is 2.60. The van der Waals surface area contributed by atoms with E-state index in [1.165, 1.54) is 9.80 Å². The predicted octanol–water partition coefficient (Wildman–Crippen LogP) is 1.25. The van der Waals surface area contributed by atoms with Gasteiger partial charge in [-0.2, -0.15) is 0 Å². The molecular weight excluding hydrogens is 546 g/mol. The number of nitrogens with zero attached hydrogens (tertiary/aromatic N) is 5. The molecule has 0 aliphatic carbocycles. The van der Waals surface area contributed by atoms with Crippen LogP contribution in [0, 0.1) is 17.8 Å². The van der Waals surface area contributed by atoms with E-state index in [-0.39, 0.29) is 30.6 Å². The molecular formula is C25H30BrN5O6. The zero-order valence-electron chi connectivity index (χ0n) is 20.6. The number of aliphatic carboxylic acids is 1. The largest absolute Gasteiger partial charge is 0.481 e. The molecule has 3 fully saturated rings. The number of carboxylic acid groups (broad SMARTS) is 1. The van der Waals surface area contributed by atoms with Gasteiger partial charge in [-0.15, -0.1) is 11.7 Å². The fourth-order valence-electron chi connectivity index (χ4n) is 6.34. The molecule has 5 rings (SSSR count). The summed E-state index contributed by atoms with van der Waals surface area (Å²) in [6.45, 7) is 7.33. The van der Waals surface area contributed by atoms with E-state index < -0.39 is 53.4 Å². The summed E-state index contributed by atoms with van der Waals surface area (Å²) in [7, 11) is 0. The van der Waals surface area contributed by atoms with E-state index in [1.54, 1.807) is 10.8 Å². The number of para-hydroxylation sites is 1. The van der Waals surface area contributed by atoms with Gasteiger partial charge in [0.2, 0.25) is 11.8 Å². The van der Waals surface area contributed by atoms with Crippen LogP contribution in [0.5, 0.6) is 0 Å². The molecule has 2 bridgehead atoms. The van der Waals surface area contributed by atoms with Gasteiger partial charge >= 0.3 is 5.97 Å². The van der Waals surface area contributed by atoms with Gasteiger partial charge in [0.05, 0.1) is 36.1 Å². The highest BCUT2D eigenvalue weighted by Gasteiger charge is 2.77. The van der Waals surface area contributed by atoms with Gasteiger partial charge in [-0.05, 0) is 24.5 Å². The number of carbonyl (C=O) groups excluding carboxylic acids is 2. The summed E-state index contributed by atoms with van der Waals surface area (Å²) in [4.78, 5) is 43.2. The van der Waals surface area contributed by atoms with Gasteiger partial charge in [0.25, 0.3) is 0 Å². The number of hydrogen-bond acceptors (Lipinski definition) is 7. The molecule has 3 aliphatic heterocycles. The highest BCUT2D eigenvalue weighted by molar-refractivity contribution is 9.09. The molecule has 12 heteroatoms. The average Bonchev–Trinajstić information content (AvgIpc) is 3.57. The Morgan fingerprint density at radius 3 is 2.76 bits per heavy atom. The molecule has 2 aromatic rings. The number of fused-ring (bicyclic) bond motifs is 2. The monoisotopic (exact) mass is 575 g/mol. The summed E-state index contributed by atoms with van der Waals surface area (Å²) in [5.41, 5.74) is 0.0798. The number of aliphatic hydroxyl groups is 1. The molecule has 3 unspecified atom stereocenters. The Bertz CT molecular complexity index is 1250. The molecule has 11 nitrogen and oxygen atoms in total. The summed E-state index contributed by atoms with van der Waals surface area (Å²) in [6, 6.07) is 5.56. The molecule has 0 saturated carbocycles. The van der Waals surface area contributed by atoms with Crippen molar-refractivity contribution in [2.75, 3.05) is 13.2 Å². The molecule has 4 heterocycles. The Kier molecular flexibility index (Phi) is 6.61. The number of ether oxygens (including phenoxy) is 1. The second kappa shape index (κ2) is 9.48. The molecule has 2 N–H and O–H groups in total. The van der Waals surface area contributed by atoms with Crippen LogP contribution in [0.3, 0.4) is 0 Å². The molecule has 1 aromatic heterocycles. The number of halogens is 1. The van der Waals surface area contributed by atoms with Crippen LogP contribution in [-0.4, -0.2) is 94.6 Å². The van der Waals surface area contributed by atoms with Crippen molar-refractivity contribution in [3.63, 3.8) is 0 Å². The number of hydrogen-bond donors (Lipinski definition) is 2. The van der Waals surface area contributed by atoms with Crippen molar-refractivity contribution in [2.24, 2.45) is 17.8 Å². The van der Waals surface area contributed by atoms with Crippen LogP contribution in [0.15, 0.2) is 36.9 Å². The molecule has 1 aromatic carbocycles. The van der Waals surface area contributed by atoms with E-state index in [2.05, 4.69) is 32.8 Å². The fraction of sp³-hybridized carbons (Fsp3) is 0.560. The van der Waals surface area contributed by atoms with Crippen LogP contribution >= 0.6 is 15.9 Å². The fourth-order valence-corrected chi connectivity index (χ4v) is 7.28. The Labute approximate surface area is 222 Å². The van der Waals surface area contributed by atoms with Crippen LogP contribution in [0.2, 0.25) is 0 Å². The van der Waals surface area contributed by atoms with Crippen molar-refractivity contribution < 1.29 is 29.3 Å². The van der Waals surface area contributed by atoms with Crippen molar-refractivity contribution in [2.45, 2.75) is 55.6 Å². The number of aromatic nitrogens is 3. The topological polar surface area (TPSA) is 138 Å². The first-order valence-electron chi connectivity index (χ1n) is 12.3. The average molecular weight is 576 g/mol. The van der Waals surface area contributed by atoms with Crippen LogP contribution in [0.1, 0.15) is 20.3 Å². The summed E-state index contributed by atoms with van der Waals surface area (Å²) in [5, 5.41) is 28.7. The lowest BCUT2D eigenvalue weighted by Gasteiger charge is -2.40. The minimum absolute atomic E-state index is 0.0413. The first-order valence-corrected chi connectivity index (χ1v) is 13.2. The van der Waals surface area contributed by atoms with Gasteiger partial charge in [-0.1, -0.05) is 53.2 Å². The van der Waals surface area contributed by atoms with E-state index in [0.717, 1.165) is 5.52 Å². The van der Waals surface area contributed by atoms with Gasteiger partial charge in [0.15, 0.2) is 0 Å². The minimum Gasteiger partial charge on any atom is -0.481 e. The number of rotatable bonds is 9. The standard InChI is InChI=1S/C25H30BrN5O6/c1-4-9-29(12-30-16-8-6-5-7-15(16)27-28-30)23(34)21-25-10-14(26)20(37-25)18(24(35)36)19(25)22(33)31(21)17(11-32)13(2)3/h4-8,13-14,17-21,32H,1,9-12H2,2-3H3,(H,35,36)/t14?,17-,18-,19-,20-,21?,25?/m0/s1. The Morgan fingerprint density at radius 1 is 1.38 bits per heavy atom. The lowest BCUT2D eigenvalue weighted by molar-refractivity contribution is -0.154. The van der Waals surface area contributed by atoms with Crippen molar-refractivity contribution in [1.29, 1.82) is 0 Å². The van der Waals surface area contributed by atoms with Crippen LogP contribution < -0.4 is 0 Å². The number of aliphatic hydroxyl groups excluding tert-OH is 1. The highest BCUT2D eigenvalue weighted by atomic mass is 79.9. The molecule has 198 valence electrons. The minimum atomic E-state index is -1.33. The third-order valence-corrected chi connectivity index (χ3v) is 8.79. The maximum Gasteiger partial charge on any atom is 0.310 e. The van der Waals surface area contributed by atoms with Gasteiger partial charge < -0.3 is 24.7 Å². The molecule has 1 spiro atoms. The second-order valence-corrected chi connectivity index (χ2v) is 11.5. The molecule has 2 amide bonds. The quantitative estimate of drug-likeness (QED) is 0.336. The zero-order chi connectivity index (χ0) is 26.6. The van der Waals surface area contributed by atoms with E-state index in [9.17, 15) is 24.6 Å². The molecule has 37 heavy (non-hydrogen) atoms. The molecule has 7 atom stereocenters. The second-order valence-electron chi connectivity index (χ2n) is 10.3. The number of benzene rings is 1. The number of alkyl halides is 1. The maximum atomic E-state index is 14.4. The Morgan fingerprint density at radius 2 is 2.11 bits per heavy atom. The first-order chi connectivity index (χ1) is 17.7. The summed E-state index contributed by atoms with van der Waals surface area (Å²) < 4.78 is 7.93. The van der Waals surface area contributed by atoms with Crippen molar-refractivity contribution in [3.8, 4) is 0 Å². The lowest BCUT2D eigenvalue weighted by atomic mass is 9.70. The number of likely N-dealkylation sites (tertiary alicyclic amines) is 1. The third-order valence-electron chi connectivity index (χ3n) is 7.95. The molecule has 3 saturated heterocycles. The van der Waals surface area contributed by atoms with E-state index >= 15 is 0 Å². The summed E-state index contributed by atoms with van der Waals surface area (Å²) >= 11 is 3.55. The van der Waals surface area contributed by atoms with E-state index in [1.807, 2.05) is 38.1 Å². The van der Waals surface area contributed by atoms with Gasteiger partial charge in [0.1, 0.15) is 23.8 Å². The zero-order valence-corrected chi connectivity index (χ0v) is 22.2. The SMILES string of the molecule is C=CCN(Cn1nnc2ccccc21)C(=O)C1N([C@@H](CO)C(C)C)C(=O)[C@@H]2[C@H](C(=O)O)[C@H]3OC12CC3Br. The van der Waals surface area contributed by atoms with Crippen LogP contribution in [0.4, 0.5) is 0 Å². The van der Waals surface area contributed by atoms with E-state index in [4.69, 9.17) is 4.74 Å². The van der Waals surface area contributed by atoms with Gasteiger partial charge in [0, 0.05) is 11.4 Å². The Hall–Kier alpha value is -2.83. The van der Waals surface area contributed by atoms with Gasteiger partial charge in [-0.25, -0.2) is 4.68 Å². The van der Waals surface area contributed by atoms with Crippen LogP contribution in [0.25, 0.3) is 11.0 Å². The molecule has 3 aliphatic rings. The van der Waals surface area contributed by atoms with Crippen molar-refractivity contribution >= 4 is 44.7 Å². The summed E-state index contributed by atoms with van der Waals surface area (Å²) in [6.07, 6.45) is 1.15. The molecule has 0 radical (unpaired) electrons. The maximum absolute atomic E-state index is 14.4.